The Labute approximate surface area is 158 Å². The number of thioether (sulfide) groups is 1. The summed E-state index contributed by atoms with van der Waals surface area (Å²) in [5, 5.41) is 14.6. The van der Waals surface area contributed by atoms with Crippen LogP contribution in [0.4, 0.5) is 5.82 Å². The predicted octanol–water partition coefficient (Wildman–Crippen LogP) is 5.38. The molecule has 1 aromatic heterocycles. The molecule has 1 fully saturated rings. The molecule has 0 unspecified atom stereocenters. The van der Waals surface area contributed by atoms with Crippen LogP contribution in [0.2, 0.25) is 5.02 Å². The monoisotopic (exact) mass is 372 g/mol. The van der Waals surface area contributed by atoms with E-state index >= 15 is 0 Å². The summed E-state index contributed by atoms with van der Waals surface area (Å²) in [6.45, 7) is 2.26. The number of nitriles is 1. The van der Waals surface area contributed by atoms with E-state index in [-0.39, 0.29) is 0 Å². The maximum absolute atomic E-state index is 9.77. The van der Waals surface area contributed by atoms with E-state index < -0.39 is 0 Å². The fraction of sp³-hybridized carbons (Fsp3) is 0.421. The summed E-state index contributed by atoms with van der Waals surface area (Å²) in [6, 6.07) is 10.1. The lowest BCUT2D eigenvalue weighted by Crippen LogP contribution is -2.31. The van der Waals surface area contributed by atoms with E-state index in [1.165, 1.54) is 31.0 Å². The van der Waals surface area contributed by atoms with Gasteiger partial charge in [0.05, 0.1) is 5.69 Å². The van der Waals surface area contributed by atoms with Gasteiger partial charge in [-0.25, -0.2) is 9.97 Å². The van der Waals surface area contributed by atoms with Crippen molar-refractivity contribution in [3.05, 3.63) is 34.9 Å². The molecule has 0 radical (unpaired) electrons. The van der Waals surface area contributed by atoms with Gasteiger partial charge in [-0.2, -0.15) is 5.26 Å². The third-order valence-electron chi connectivity index (χ3n) is 4.73. The van der Waals surface area contributed by atoms with Gasteiger partial charge in [0.2, 0.25) is 0 Å². The molecule has 1 heterocycles. The van der Waals surface area contributed by atoms with Crippen molar-refractivity contribution in [1.82, 2.24) is 9.97 Å². The van der Waals surface area contributed by atoms with Crippen molar-refractivity contribution in [3.8, 4) is 17.3 Å². The number of rotatable bonds is 4. The van der Waals surface area contributed by atoms with Crippen LogP contribution in [-0.4, -0.2) is 22.3 Å². The summed E-state index contributed by atoms with van der Waals surface area (Å²) in [4.78, 5) is 9.17. The van der Waals surface area contributed by atoms with Gasteiger partial charge in [-0.3, -0.25) is 0 Å². The Hall–Kier alpha value is -1.77. The zero-order valence-corrected chi connectivity index (χ0v) is 16.0. The molecule has 25 heavy (non-hydrogen) atoms. The molecule has 3 rings (SSSR count). The lowest BCUT2D eigenvalue weighted by Gasteiger charge is -2.30. The summed E-state index contributed by atoms with van der Waals surface area (Å²) in [6.07, 6.45) is 6.76. The molecule has 130 valence electrons. The van der Waals surface area contributed by atoms with Crippen molar-refractivity contribution in [3.63, 3.8) is 0 Å². The first-order valence-electron chi connectivity index (χ1n) is 8.51. The van der Waals surface area contributed by atoms with Crippen LogP contribution < -0.4 is 5.32 Å². The molecule has 1 saturated carbocycles. The topological polar surface area (TPSA) is 61.6 Å². The first-order chi connectivity index (χ1) is 12.1. The fourth-order valence-corrected chi connectivity index (χ4v) is 3.76. The van der Waals surface area contributed by atoms with Crippen molar-refractivity contribution in [2.45, 2.75) is 43.8 Å². The minimum absolute atomic E-state index is 0.350. The van der Waals surface area contributed by atoms with E-state index in [1.54, 1.807) is 0 Å². The number of benzene rings is 1. The van der Waals surface area contributed by atoms with Crippen LogP contribution in [0.15, 0.2) is 29.4 Å². The highest BCUT2D eigenvalue weighted by molar-refractivity contribution is 7.98. The highest BCUT2D eigenvalue weighted by Crippen LogP contribution is 2.32. The third-order valence-corrected chi connectivity index (χ3v) is 5.53. The van der Waals surface area contributed by atoms with Gasteiger partial charge in [0.1, 0.15) is 17.5 Å². The molecular weight excluding hydrogens is 352 g/mol. The van der Waals surface area contributed by atoms with Crippen LogP contribution in [0.25, 0.3) is 11.3 Å². The van der Waals surface area contributed by atoms with Crippen molar-refractivity contribution in [2.75, 3.05) is 11.6 Å². The van der Waals surface area contributed by atoms with E-state index in [4.69, 9.17) is 11.6 Å². The Morgan fingerprint density at radius 1 is 1.20 bits per heavy atom. The van der Waals surface area contributed by atoms with Crippen molar-refractivity contribution < 1.29 is 0 Å². The summed E-state index contributed by atoms with van der Waals surface area (Å²) in [7, 11) is 0. The Kier molecular flexibility index (Phi) is 5.82. The second-order valence-corrected chi connectivity index (χ2v) is 7.62. The molecule has 1 aromatic carbocycles. The first-order valence-corrected chi connectivity index (χ1v) is 10.1. The van der Waals surface area contributed by atoms with Crippen molar-refractivity contribution in [2.24, 2.45) is 5.92 Å². The maximum atomic E-state index is 9.77. The second kappa shape index (κ2) is 8.07. The molecule has 0 spiro atoms. The van der Waals surface area contributed by atoms with Crippen LogP contribution >= 0.6 is 23.4 Å². The lowest BCUT2D eigenvalue weighted by atomic mass is 9.86. The average Bonchev–Trinajstić information content (AvgIpc) is 2.63. The number of aromatic nitrogens is 2. The minimum atomic E-state index is 0.350. The molecule has 0 aliphatic heterocycles. The highest BCUT2D eigenvalue weighted by Gasteiger charge is 2.24. The minimum Gasteiger partial charge on any atom is -0.366 e. The molecule has 6 heteroatoms. The molecular formula is C19H21ClN4S. The van der Waals surface area contributed by atoms with Gasteiger partial charge in [-0.05, 0) is 37.1 Å². The molecule has 1 N–H and O–H groups in total. The SMILES string of the molecule is CSc1nc(N[C@H]2CCCC[C@@H]2C)c(C#N)c(-c2ccc(Cl)cc2)n1. The van der Waals surface area contributed by atoms with Crippen LogP contribution in [0, 0.1) is 17.2 Å². The van der Waals surface area contributed by atoms with Crippen molar-refractivity contribution >= 4 is 29.2 Å². The number of hydrogen-bond donors (Lipinski definition) is 1. The Balaban J connectivity index is 2.04. The number of hydrogen-bond acceptors (Lipinski definition) is 5. The lowest BCUT2D eigenvalue weighted by molar-refractivity contribution is 0.349. The molecule has 0 bridgehead atoms. The van der Waals surface area contributed by atoms with Crippen LogP contribution in [0.3, 0.4) is 0 Å². The van der Waals surface area contributed by atoms with E-state index in [2.05, 4.69) is 28.3 Å². The van der Waals surface area contributed by atoms with Gasteiger partial charge >= 0.3 is 0 Å². The van der Waals surface area contributed by atoms with Gasteiger partial charge < -0.3 is 5.32 Å². The van der Waals surface area contributed by atoms with Crippen LogP contribution in [0.5, 0.6) is 0 Å². The van der Waals surface area contributed by atoms with Gasteiger partial charge in [0.25, 0.3) is 0 Å². The van der Waals surface area contributed by atoms with E-state index in [1.807, 2.05) is 30.5 Å². The molecule has 4 nitrogen and oxygen atoms in total. The van der Waals surface area contributed by atoms with Gasteiger partial charge in [0, 0.05) is 16.6 Å². The first kappa shape index (κ1) is 18.0. The zero-order valence-electron chi connectivity index (χ0n) is 14.4. The molecule has 0 saturated heterocycles. The van der Waals surface area contributed by atoms with Crippen LogP contribution in [-0.2, 0) is 0 Å². The smallest absolute Gasteiger partial charge is 0.189 e. The Bertz CT molecular complexity index is 785. The van der Waals surface area contributed by atoms with E-state index in [9.17, 15) is 5.26 Å². The zero-order chi connectivity index (χ0) is 17.8. The van der Waals surface area contributed by atoms with Crippen LogP contribution in [0.1, 0.15) is 38.2 Å². The van der Waals surface area contributed by atoms with Gasteiger partial charge in [0.15, 0.2) is 5.16 Å². The third kappa shape index (κ3) is 4.08. The number of anilines is 1. The molecule has 0 amide bonds. The Morgan fingerprint density at radius 3 is 2.56 bits per heavy atom. The maximum Gasteiger partial charge on any atom is 0.189 e. The van der Waals surface area contributed by atoms with Gasteiger partial charge in [-0.1, -0.05) is 55.3 Å². The molecule has 1 aliphatic rings. The standard InChI is InChI=1S/C19H21ClN4S/c1-12-5-3-4-6-16(12)22-18-15(11-21)17(23-19(24-18)25-2)13-7-9-14(20)10-8-13/h7-10,12,16H,3-6H2,1-2H3,(H,22,23,24)/t12-,16-/m0/s1. The summed E-state index contributed by atoms with van der Waals surface area (Å²) in [5.41, 5.74) is 2.03. The number of halogens is 1. The number of nitrogens with one attached hydrogen (secondary N) is 1. The van der Waals surface area contributed by atoms with Crippen molar-refractivity contribution in [1.29, 1.82) is 5.26 Å². The van der Waals surface area contributed by atoms with Gasteiger partial charge in [-0.15, -0.1) is 0 Å². The molecule has 2 aromatic rings. The highest BCUT2D eigenvalue weighted by atomic mass is 35.5. The summed E-state index contributed by atoms with van der Waals surface area (Å²) < 4.78 is 0. The summed E-state index contributed by atoms with van der Waals surface area (Å²) in [5.74, 6) is 1.22. The average molecular weight is 373 g/mol. The normalized spacial score (nSPS) is 20.1. The number of nitrogens with zero attached hydrogens (tertiary/aromatic N) is 3. The second-order valence-electron chi connectivity index (χ2n) is 6.41. The fourth-order valence-electron chi connectivity index (χ4n) is 3.26. The Morgan fingerprint density at radius 2 is 1.92 bits per heavy atom. The largest absolute Gasteiger partial charge is 0.366 e. The van der Waals surface area contributed by atoms with E-state index in [0.29, 0.717) is 39.2 Å². The molecule has 1 aliphatic carbocycles. The summed E-state index contributed by atoms with van der Waals surface area (Å²) >= 11 is 7.47. The predicted molar refractivity (Wildman–Crippen MR) is 104 cm³/mol. The van der Waals surface area contributed by atoms with E-state index in [0.717, 1.165) is 12.0 Å². The quantitative estimate of drug-likeness (QED) is 0.576. The molecule has 2 atom stereocenters.